The molecule has 1 rings (SSSR count). The highest BCUT2D eigenvalue weighted by molar-refractivity contribution is 5.82. The molecule has 112 valence electrons. The van der Waals surface area contributed by atoms with E-state index in [1.807, 2.05) is 0 Å². The zero-order chi connectivity index (χ0) is 14.3. The molecule has 1 saturated heterocycles. The number of hydrogen-bond donors (Lipinski definition) is 2. The van der Waals surface area contributed by atoms with Gasteiger partial charge in [0.2, 0.25) is 5.91 Å². The number of amides is 1. The van der Waals surface area contributed by atoms with Crippen LogP contribution in [0.2, 0.25) is 0 Å². The predicted octanol–water partition coefficient (Wildman–Crippen LogP) is 2.07. The van der Waals surface area contributed by atoms with Crippen LogP contribution >= 0.6 is 0 Å². The van der Waals surface area contributed by atoms with Crippen LogP contribution in [0.3, 0.4) is 0 Å². The van der Waals surface area contributed by atoms with Crippen LogP contribution in [0.1, 0.15) is 52.9 Å². The maximum absolute atomic E-state index is 12.1. The number of carbonyl (C=O) groups is 1. The average Bonchev–Trinajstić information content (AvgIpc) is 2.38. The Labute approximate surface area is 117 Å². The first-order valence-corrected chi connectivity index (χ1v) is 7.64. The van der Waals surface area contributed by atoms with Crippen molar-refractivity contribution >= 4 is 5.91 Å². The molecule has 4 nitrogen and oxygen atoms in total. The Hall–Kier alpha value is -0.610. The third kappa shape index (κ3) is 6.39. The van der Waals surface area contributed by atoms with Gasteiger partial charge in [0.05, 0.1) is 6.04 Å². The molecular formula is C15H30N2O2. The first-order valence-electron chi connectivity index (χ1n) is 7.64. The molecule has 0 aromatic carbocycles. The lowest BCUT2D eigenvalue weighted by molar-refractivity contribution is -0.125. The van der Waals surface area contributed by atoms with E-state index in [-0.39, 0.29) is 23.9 Å². The van der Waals surface area contributed by atoms with Crippen LogP contribution in [0, 0.1) is 11.8 Å². The SMILES string of the molecule is CC(C)CCCC(C)NC(=O)C(N)C1CCOCC1. The van der Waals surface area contributed by atoms with Crippen LogP contribution < -0.4 is 11.1 Å². The average molecular weight is 270 g/mol. The van der Waals surface area contributed by atoms with Crippen molar-refractivity contribution in [1.29, 1.82) is 0 Å². The summed E-state index contributed by atoms with van der Waals surface area (Å²) in [6.45, 7) is 7.98. The van der Waals surface area contributed by atoms with E-state index in [2.05, 4.69) is 26.1 Å². The highest BCUT2D eigenvalue weighted by Crippen LogP contribution is 2.18. The fourth-order valence-electron chi connectivity index (χ4n) is 2.53. The molecule has 2 atom stereocenters. The van der Waals surface area contributed by atoms with Gasteiger partial charge in [0, 0.05) is 19.3 Å². The van der Waals surface area contributed by atoms with Gasteiger partial charge in [-0.15, -0.1) is 0 Å². The number of carbonyl (C=O) groups excluding carboxylic acids is 1. The van der Waals surface area contributed by atoms with Gasteiger partial charge in [0.1, 0.15) is 0 Å². The normalized spacial score (nSPS) is 20.3. The minimum Gasteiger partial charge on any atom is -0.381 e. The molecule has 1 amide bonds. The molecule has 0 saturated carbocycles. The summed E-state index contributed by atoms with van der Waals surface area (Å²) in [7, 11) is 0. The maximum Gasteiger partial charge on any atom is 0.237 e. The van der Waals surface area contributed by atoms with Crippen LogP contribution in [-0.4, -0.2) is 31.2 Å². The van der Waals surface area contributed by atoms with Crippen LogP contribution in [0.15, 0.2) is 0 Å². The number of hydrogen-bond acceptors (Lipinski definition) is 3. The van der Waals surface area contributed by atoms with Crippen molar-refractivity contribution in [3.63, 3.8) is 0 Å². The third-order valence-electron chi connectivity index (χ3n) is 3.88. The maximum atomic E-state index is 12.1. The van der Waals surface area contributed by atoms with Crippen LogP contribution in [-0.2, 0) is 9.53 Å². The lowest BCUT2D eigenvalue weighted by atomic mass is 9.91. The van der Waals surface area contributed by atoms with Gasteiger partial charge in [0.25, 0.3) is 0 Å². The Kier molecular flexibility index (Phi) is 7.39. The van der Waals surface area contributed by atoms with Crippen LogP contribution in [0.4, 0.5) is 0 Å². The standard InChI is InChI=1S/C15H30N2O2/c1-11(2)5-4-6-12(3)17-15(18)14(16)13-7-9-19-10-8-13/h11-14H,4-10,16H2,1-3H3,(H,17,18). The topological polar surface area (TPSA) is 64.4 Å². The fourth-order valence-corrected chi connectivity index (χ4v) is 2.53. The zero-order valence-corrected chi connectivity index (χ0v) is 12.7. The summed E-state index contributed by atoms with van der Waals surface area (Å²) in [5.41, 5.74) is 6.05. The molecule has 1 heterocycles. The highest BCUT2D eigenvalue weighted by atomic mass is 16.5. The van der Waals surface area contributed by atoms with E-state index < -0.39 is 0 Å². The molecule has 1 aliphatic rings. The quantitative estimate of drug-likeness (QED) is 0.744. The van der Waals surface area contributed by atoms with Gasteiger partial charge in [0.15, 0.2) is 0 Å². The second-order valence-corrected chi connectivity index (χ2v) is 6.21. The van der Waals surface area contributed by atoms with Crippen molar-refractivity contribution < 1.29 is 9.53 Å². The Bertz CT molecular complexity index is 263. The molecule has 0 bridgehead atoms. The molecule has 19 heavy (non-hydrogen) atoms. The molecule has 0 radical (unpaired) electrons. The molecule has 2 unspecified atom stereocenters. The first kappa shape index (κ1) is 16.4. The van der Waals surface area contributed by atoms with E-state index in [1.165, 1.54) is 6.42 Å². The van der Waals surface area contributed by atoms with E-state index in [1.54, 1.807) is 0 Å². The van der Waals surface area contributed by atoms with Crippen molar-refractivity contribution in [3.05, 3.63) is 0 Å². The van der Waals surface area contributed by atoms with Gasteiger partial charge in [-0.2, -0.15) is 0 Å². The lowest BCUT2D eigenvalue weighted by Crippen LogP contribution is -2.49. The van der Waals surface area contributed by atoms with Crippen molar-refractivity contribution in [2.75, 3.05) is 13.2 Å². The van der Waals surface area contributed by atoms with E-state index in [4.69, 9.17) is 10.5 Å². The monoisotopic (exact) mass is 270 g/mol. The van der Waals surface area contributed by atoms with Crippen molar-refractivity contribution in [3.8, 4) is 0 Å². The summed E-state index contributed by atoms with van der Waals surface area (Å²) in [5.74, 6) is 1.01. The summed E-state index contributed by atoms with van der Waals surface area (Å²) < 4.78 is 5.30. The Morgan fingerprint density at radius 1 is 1.26 bits per heavy atom. The molecule has 1 fully saturated rings. The van der Waals surface area contributed by atoms with Gasteiger partial charge in [-0.1, -0.05) is 26.7 Å². The van der Waals surface area contributed by atoms with Crippen molar-refractivity contribution in [2.45, 2.75) is 65.0 Å². The molecule has 1 aliphatic heterocycles. The van der Waals surface area contributed by atoms with E-state index in [0.29, 0.717) is 0 Å². The lowest BCUT2D eigenvalue weighted by Gasteiger charge is -2.27. The van der Waals surface area contributed by atoms with Gasteiger partial charge < -0.3 is 15.8 Å². The number of ether oxygens (including phenoxy) is 1. The summed E-state index contributed by atoms with van der Waals surface area (Å²) in [5, 5.41) is 3.05. The zero-order valence-electron chi connectivity index (χ0n) is 12.7. The largest absolute Gasteiger partial charge is 0.381 e. The minimum absolute atomic E-state index is 0.00365. The molecule has 3 N–H and O–H groups in total. The van der Waals surface area contributed by atoms with Crippen LogP contribution in [0.25, 0.3) is 0 Å². The molecule has 0 aromatic rings. The molecule has 0 spiro atoms. The van der Waals surface area contributed by atoms with Gasteiger partial charge in [-0.05, 0) is 38.0 Å². The molecule has 0 aliphatic carbocycles. The van der Waals surface area contributed by atoms with Gasteiger partial charge in [-0.25, -0.2) is 0 Å². The van der Waals surface area contributed by atoms with E-state index in [0.717, 1.165) is 44.8 Å². The number of nitrogens with two attached hydrogens (primary N) is 1. The van der Waals surface area contributed by atoms with Gasteiger partial charge in [-0.3, -0.25) is 4.79 Å². The molecule has 0 aromatic heterocycles. The summed E-state index contributed by atoms with van der Waals surface area (Å²) >= 11 is 0. The minimum atomic E-state index is -0.378. The Balaban J connectivity index is 2.24. The second-order valence-electron chi connectivity index (χ2n) is 6.21. The number of nitrogens with one attached hydrogen (secondary N) is 1. The Morgan fingerprint density at radius 3 is 2.47 bits per heavy atom. The predicted molar refractivity (Wildman–Crippen MR) is 77.8 cm³/mol. The first-order chi connectivity index (χ1) is 9.00. The van der Waals surface area contributed by atoms with Crippen LogP contribution in [0.5, 0.6) is 0 Å². The van der Waals surface area contributed by atoms with Crippen molar-refractivity contribution in [2.24, 2.45) is 17.6 Å². The number of rotatable bonds is 7. The smallest absolute Gasteiger partial charge is 0.237 e. The summed E-state index contributed by atoms with van der Waals surface area (Å²) in [6.07, 6.45) is 5.20. The highest BCUT2D eigenvalue weighted by Gasteiger charge is 2.27. The van der Waals surface area contributed by atoms with Crippen molar-refractivity contribution in [1.82, 2.24) is 5.32 Å². The molecular weight excluding hydrogens is 240 g/mol. The summed E-state index contributed by atoms with van der Waals surface area (Å²) in [4.78, 5) is 12.1. The van der Waals surface area contributed by atoms with E-state index >= 15 is 0 Å². The third-order valence-corrected chi connectivity index (χ3v) is 3.88. The Morgan fingerprint density at radius 2 is 1.89 bits per heavy atom. The second kappa shape index (κ2) is 8.54. The fraction of sp³-hybridized carbons (Fsp3) is 0.933. The molecule has 4 heteroatoms. The van der Waals surface area contributed by atoms with E-state index in [9.17, 15) is 4.79 Å². The summed E-state index contributed by atoms with van der Waals surface area (Å²) in [6, 6.07) is -0.159. The van der Waals surface area contributed by atoms with Gasteiger partial charge >= 0.3 is 0 Å².